The highest BCUT2D eigenvalue weighted by Gasteiger charge is 2.25. The number of nitrogens with one attached hydrogen (secondary N) is 2. The van der Waals surface area contributed by atoms with Crippen LogP contribution in [0.1, 0.15) is 55.6 Å². The first-order chi connectivity index (χ1) is 13.0. The molecular weight excluding hydrogens is 360 g/mol. The molecule has 148 valence electrons. The van der Waals surface area contributed by atoms with Crippen LogP contribution >= 0.6 is 11.3 Å². The van der Waals surface area contributed by atoms with Crippen LogP contribution in [-0.2, 0) is 19.2 Å². The van der Waals surface area contributed by atoms with Gasteiger partial charge in [0.1, 0.15) is 18.0 Å². The van der Waals surface area contributed by atoms with Crippen LogP contribution in [0.5, 0.6) is 0 Å². The van der Waals surface area contributed by atoms with E-state index < -0.39 is 5.60 Å². The quantitative estimate of drug-likeness (QED) is 0.521. The number of aliphatic hydroxyl groups is 1. The lowest BCUT2D eigenvalue weighted by Gasteiger charge is -2.28. The molecule has 27 heavy (non-hydrogen) atoms. The third-order valence-electron chi connectivity index (χ3n) is 5.16. The Morgan fingerprint density at radius 3 is 2.78 bits per heavy atom. The lowest BCUT2D eigenvalue weighted by molar-refractivity contribution is 0.0654. The van der Waals surface area contributed by atoms with E-state index >= 15 is 0 Å². The average molecular weight is 391 g/mol. The third-order valence-corrected chi connectivity index (χ3v) is 6.28. The Kier molecular flexibility index (Phi) is 6.49. The van der Waals surface area contributed by atoms with Crippen molar-refractivity contribution in [1.82, 2.24) is 25.4 Å². The SMILES string of the molecule is Cc1nnc(CN=C(NCC(C)(O)c2cccs2)NC2CCCCC2)n1C. The second-order valence-electron chi connectivity index (χ2n) is 7.47. The summed E-state index contributed by atoms with van der Waals surface area (Å²) in [6, 6.07) is 4.35. The van der Waals surface area contributed by atoms with E-state index in [9.17, 15) is 5.11 Å². The van der Waals surface area contributed by atoms with Gasteiger partial charge in [0, 0.05) is 18.0 Å². The highest BCUT2D eigenvalue weighted by molar-refractivity contribution is 7.10. The third kappa shape index (κ3) is 5.29. The number of hydrogen-bond acceptors (Lipinski definition) is 5. The van der Waals surface area contributed by atoms with Gasteiger partial charge in [0.25, 0.3) is 0 Å². The van der Waals surface area contributed by atoms with Crippen LogP contribution in [0, 0.1) is 6.92 Å². The Morgan fingerprint density at radius 1 is 1.37 bits per heavy atom. The van der Waals surface area contributed by atoms with E-state index in [1.54, 1.807) is 11.3 Å². The molecule has 3 rings (SSSR count). The number of guanidine groups is 1. The second-order valence-corrected chi connectivity index (χ2v) is 8.42. The normalized spacial score (nSPS) is 18.3. The first-order valence-corrected chi connectivity index (χ1v) is 10.5. The number of nitrogens with zero attached hydrogens (tertiary/aromatic N) is 4. The van der Waals surface area contributed by atoms with Crippen molar-refractivity contribution in [2.45, 2.75) is 64.1 Å². The zero-order chi connectivity index (χ0) is 19.3. The highest BCUT2D eigenvalue weighted by Crippen LogP contribution is 2.24. The van der Waals surface area contributed by atoms with E-state index in [0.29, 0.717) is 19.1 Å². The van der Waals surface area contributed by atoms with Gasteiger partial charge in [0.15, 0.2) is 11.8 Å². The smallest absolute Gasteiger partial charge is 0.192 e. The summed E-state index contributed by atoms with van der Waals surface area (Å²) in [6.45, 7) is 4.60. The molecule has 0 spiro atoms. The van der Waals surface area contributed by atoms with Gasteiger partial charge >= 0.3 is 0 Å². The van der Waals surface area contributed by atoms with E-state index in [-0.39, 0.29) is 0 Å². The molecule has 1 unspecified atom stereocenters. The largest absolute Gasteiger partial charge is 0.383 e. The molecule has 1 aliphatic rings. The van der Waals surface area contributed by atoms with Gasteiger partial charge < -0.3 is 20.3 Å². The number of rotatable bonds is 6. The van der Waals surface area contributed by atoms with Crippen LogP contribution in [0.3, 0.4) is 0 Å². The van der Waals surface area contributed by atoms with Crippen molar-refractivity contribution in [2.75, 3.05) is 6.54 Å². The molecule has 1 aliphatic carbocycles. The molecule has 2 heterocycles. The summed E-state index contributed by atoms with van der Waals surface area (Å²) in [5, 5.41) is 27.9. The van der Waals surface area contributed by atoms with Gasteiger partial charge in [-0.2, -0.15) is 0 Å². The van der Waals surface area contributed by atoms with Gasteiger partial charge in [-0.05, 0) is 38.1 Å². The molecule has 3 N–H and O–H groups in total. The summed E-state index contributed by atoms with van der Waals surface area (Å²) in [5.74, 6) is 2.41. The second kappa shape index (κ2) is 8.84. The van der Waals surface area contributed by atoms with Gasteiger partial charge in [-0.15, -0.1) is 21.5 Å². The molecule has 7 nitrogen and oxygen atoms in total. The summed E-state index contributed by atoms with van der Waals surface area (Å²) < 4.78 is 1.95. The van der Waals surface area contributed by atoms with Crippen molar-refractivity contribution >= 4 is 17.3 Å². The zero-order valence-corrected chi connectivity index (χ0v) is 17.2. The van der Waals surface area contributed by atoms with Crippen molar-refractivity contribution in [3.63, 3.8) is 0 Å². The number of aromatic nitrogens is 3. The molecule has 1 saturated carbocycles. The maximum atomic E-state index is 10.8. The first-order valence-electron chi connectivity index (χ1n) is 9.62. The molecule has 0 bridgehead atoms. The zero-order valence-electron chi connectivity index (χ0n) is 16.4. The molecule has 2 aromatic rings. The Morgan fingerprint density at radius 2 is 2.15 bits per heavy atom. The monoisotopic (exact) mass is 390 g/mol. The van der Waals surface area contributed by atoms with E-state index in [2.05, 4.69) is 20.8 Å². The topological polar surface area (TPSA) is 87.4 Å². The first kappa shape index (κ1) is 19.8. The van der Waals surface area contributed by atoms with Crippen molar-refractivity contribution < 1.29 is 5.11 Å². The number of hydrogen-bond donors (Lipinski definition) is 3. The van der Waals surface area contributed by atoms with E-state index in [4.69, 9.17) is 4.99 Å². The van der Waals surface area contributed by atoms with Crippen LogP contribution in [0.2, 0.25) is 0 Å². The molecule has 0 aromatic carbocycles. The molecule has 0 amide bonds. The molecule has 2 aromatic heterocycles. The summed E-state index contributed by atoms with van der Waals surface area (Å²) >= 11 is 1.56. The van der Waals surface area contributed by atoms with E-state index in [1.807, 2.05) is 43.0 Å². The van der Waals surface area contributed by atoms with Gasteiger partial charge in [0.2, 0.25) is 0 Å². The Labute approximate surface area is 164 Å². The summed E-state index contributed by atoms with van der Waals surface area (Å²) in [4.78, 5) is 5.65. The van der Waals surface area contributed by atoms with Gasteiger partial charge in [-0.1, -0.05) is 25.3 Å². The van der Waals surface area contributed by atoms with Gasteiger partial charge in [0.05, 0.1) is 6.54 Å². The minimum absolute atomic E-state index is 0.393. The molecule has 0 saturated heterocycles. The minimum atomic E-state index is -0.940. The fraction of sp³-hybridized carbons (Fsp3) is 0.632. The van der Waals surface area contributed by atoms with E-state index in [0.717, 1.165) is 35.3 Å². The van der Waals surface area contributed by atoms with Crippen molar-refractivity contribution in [3.05, 3.63) is 34.0 Å². The van der Waals surface area contributed by atoms with Crippen LogP contribution in [0.15, 0.2) is 22.5 Å². The summed E-state index contributed by atoms with van der Waals surface area (Å²) in [6.07, 6.45) is 6.13. The lowest BCUT2D eigenvalue weighted by Crippen LogP contribution is -2.48. The van der Waals surface area contributed by atoms with E-state index in [1.165, 1.54) is 19.3 Å². The van der Waals surface area contributed by atoms with Crippen LogP contribution < -0.4 is 10.6 Å². The van der Waals surface area contributed by atoms with Crippen LogP contribution in [0.4, 0.5) is 0 Å². The molecule has 1 fully saturated rings. The number of aryl methyl sites for hydroxylation is 1. The number of thiophene rings is 1. The lowest BCUT2D eigenvalue weighted by atomic mass is 9.96. The van der Waals surface area contributed by atoms with Crippen LogP contribution in [-0.4, -0.2) is 38.4 Å². The Balaban J connectivity index is 1.68. The summed E-state index contributed by atoms with van der Waals surface area (Å²) in [7, 11) is 1.95. The highest BCUT2D eigenvalue weighted by atomic mass is 32.1. The molecule has 1 atom stereocenters. The van der Waals surface area contributed by atoms with Crippen molar-refractivity contribution in [3.8, 4) is 0 Å². The fourth-order valence-electron chi connectivity index (χ4n) is 3.26. The Bertz CT molecular complexity index is 746. The predicted octanol–water partition coefficient (Wildman–Crippen LogP) is 2.46. The average Bonchev–Trinajstić information content (AvgIpc) is 3.31. The van der Waals surface area contributed by atoms with Crippen molar-refractivity contribution in [2.24, 2.45) is 12.0 Å². The maximum Gasteiger partial charge on any atom is 0.192 e. The minimum Gasteiger partial charge on any atom is -0.383 e. The molecular formula is C19H30N6OS. The van der Waals surface area contributed by atoms with Crippen LogP contribution in [0.25, 0.3) is 0 Å². The predicted molar refractivity (Wildman–Crippen MR) is 109 cm³/mol. The molecule has 8 heteroatoms. The Hall–Kier alpha value is -1.93. The summed E-state index contributed by atoms with van der Waals surface area (Å²) in [5.41, 5.74) is -0.940. The standard InChI is InChI=1S/C19H30N6OS/c1-14-23-24-17(25(14)3)12-20-18(22-15-8-5-4-6-9-15)21-13-19(2,26)16-10-7-11-27-16/h7,10-11,15,26H,4-6,8-9,12-13H2,1-3H3,(H2,20,21,22). The molecule has 0 radical (unpaired) electrons. The van der Waals surface area contributed by atoms with Crippen molar-refractivity contribution in [1.29, 1.82) is 0 Å². The molecule has 0 aliphatic heterocycles. The van der Waals surface area contributed by atoms with Gasteiger partial charge in [-0.3, -0.25) is 0 Å². The number of aliphatic imine (C=N–C) groups is 1. The van der Waals surface area contributed by atoms with Gasteiger partial charge in [-0.25, -0.2) is 4.99 Å². The maximum absolute atomic E-state index is 10.8. The fourth-order valence-corrected chi connectivity index (χ4v) is 4.05.